The molecule has 4 nitrogen and oxygen atoms in total. The number of piperazine rings is 1. The molecule has 0 aromatic heterocycles. The molecule has 0 spiro atoms. The van der Waals surface area contributed by atoms with E-state index in [1.165, 1.54) is 7.11 Å². The fourth-order valence-electron chi connectivity index (χ4n) is 1.39. The molecule has 1 aliphatic heterocycles. The lowest BCUT2D eigenvalue weighted by Crippen LogP contribution is -2.52. The molecule has 1 saturated heterocycles. The molecule has 1 rings (SSSR count). The standard InChI is InChI=1S/C8H16N2O2/c1-3-7-6-10(5-4-9-7)8(11)12-2/h7,9H,3-6H2,1-2H3. The minimum atomic E-state index is -0.213. The maximum atomic E-state index is 11.1. The lowest BCUT2D eigenvalue weighted by atomic mass is 10.2. The highest BCUT2D eigenvalue weighted by atomic mass is 16.5. The van der Waals surface area contributed by atoms with Crippen molar-refractivity contribution in [2.24, 2.45) is 0 Å². The van der Waals surface area contributed by atoms with Crippen LogP contribution in [0, 0.1) is 0 Å². The summed E-state index contributed by atoms with van der Waals surface area (Å²) in [6.45, 7) is 4.50. The van der Waals surface area contributed by atoms with E-state index in [1.807, 2.05) is 0 Å². The molecule has 70 valence electrons. The summed E-state index contributed by atoms with van der Waals surface area (Å²) >= 11 is 0. The van der Waals surface area contributed by atoms with Crippen molar-refractivity contribution in [2.75, 3.05) is 26.7 Å². The van der Waals surface area contributed by atoms with Gasteiger partial charge >= 0.3 is 6.09 Å². The Balaban J connectivity index is 2.40. The molecule has 1 amide bonds. The predicted octanol–water partition coefficient (Wildman–Crippen LogP) is 0.437. The summed E-state index contributed by atoms with van der Waals surface area (Å²) in [5.74, 6) is 0. The van der Waals surface area contributed by atoms with Crippen molar-refractivity contribution in [3.05, 3.63) is 0 Å². The molecule has 0 aromatic carbocycles. The van der Waals surface area contributed by atoms with Crippen LogP contribution in [0.2, 0.25) is 0 Å². The third-order valence-corrected chi connectivity index (χ3v) is 2.18. The molecule has 4 heteroatoms. The lowest BCUT2D eigenvalue weighted by Gasteiger charge is -2.32. The molecule has 1 N–H and O–H groups in total. The van der Waals surface area contributed by atoms with E-state index >= 15 is 0 Å². The van der Waals surface area contributed by atoms with Crippen LogP contribution in [0.4, 0.5) is 4.79 Å². The molecule has 1 fully saturated rings. The van der Waals surface area contributed by atoms with Crippen LogP contribution in [0.15, 0.2) is 0 Å². The summed E-state index contributed by atoms with van der Waals surface area (Å²) in [6, 6.07) is 0.429. The van der Waals surface area contributed by atoms with E-state index in [2.05, 4.69) is 17.0 Å². The van der Waals surface area contributed by atoms with Crippen molar-refractivity contribution in [1.82, 2.24) is 10.2 Å². The maximum absolute atomic E-state index is 11.1. The smallest absolute Gasteiger partial charge is 0.409 e. The van der Waals surface area contributed by atoms with Crippen LogP contribution in [0.3, 0.4) is 0 Å². The van der Waals surface area contributed by atoms with Gasteiger partial charge in [0.1, 0.15) is 0 Å². The summed E-state index contributed by atoms with van der Waals surface area (Å²) in [4.78, 5) is 12.8. The van der Waals surface area contributed by atoms with E-state index in [-0.39, 0.29) is 6.09 Å². The zero-order chi connectivity index (χ0) is 8.97. The number of carbonyl (C=O) groups excluding carboxylic acids is 1. The van der Waals surface area contributed by atoms with Gasteiger partial charge in [-0.2, -0.15) is 0 Å². The van der Waals surface area contributed by atoms with Gasteiger partial charge in [-0.15, -0.1) is 0 Å². The Hall–Kier alpha value is -0.770. The largest absolute Gasteiger partial charge is 0.453 e. The molecular weight excluding hydrogens is 156 g/mol. The van der Waals surface area contributed by atoms with Gasteiger partial charge in [0.25, 0.3) is 0 Å². The second kappa shape index (κ2) is 4.30. The zero-order valence-corrected chi connectivity index (χ0v) is 7.67. The number of ether oxygens (including phenoxy) is 1. The van der Waals surface area contributed by atoms with Gasteiger partial charge in [-0.1, -0.05) is 6.92 Å². The molecule has 0 saturated carbocycles. The maximum Gasteiger partial charge on any atom is 0.409 e. The summed E-state index contributed by atoms with van der Waals surface area (Å²) in [7, 11) is 1.42. The van der Waals surface area contributed by atoms with E-state index in [0.29, 0.717) is 6.04 Å². The molecular formula is C8H16N2O2. The summed E-state index contributed by atoms with van der Waals surface area (Å²) in [6.07, 6.45) is 0.836. The molecule has 0 aromatic rings. The number of rotatable bonds is 1. The monoisotopic (exact) mass is 172 g/mol. The number of nitrogens with zero attached hydrogens (tertiary/aromatic N) is 1. The Labute approximate surface area is 72.9 Å². The van der Waals surface area contributed by atoms with Gasteiger partial charge in [-0.25, -0.2) is 4.79 Å². The fourth-order valence-corrected chi connectivity index (χ4v) is 1.39. The van der Waals surface area contributed by atoms with E-state index < -0.39 is 0 Å². The summed E-state index contributed by atoms with van der Waals surface area (Å²) in [5.41, 5.74) is 0. The van der Waals surface area contributed by atoms with Gasteiger partial charge in [-0.3, -0.25) is 0 Å². The van der Waals surface area contributed by atoms with Crippen LogP contribution in [-0.2, 0) is 4.74 Å². The minimum absolute atomic E-state index is 0.213. The van der Waals surface area contributed by atoms with Gasteiger partial charge in [0.15, 0.2) is 0 Å². The van der Waals surface area contributed by atoms with Crippen molar-refractivity contribution >= 4 is 6.09 Å². The summed E-state index contributed by atoms with van der Waals surface area (Å²) < 4.78 is 4.64. The first-order valence-electron chi connectivity index (χ1n) is 4.34. The van der Waals surface area contributed by atoms with Crippen molar-refractivity contribution in [2.45, 2.75) is 19.4 Å². The Morgan fingerprint density at radius 1 is 1.75 bits per heavy atom. The number of carbonyl (C=O) groups is 1. The van der Waals surface area contributed by atoms with Crippen molar-refractivity contribution in [1.29, 1.82) is 0 Å². The fraction of sp³-hybridized carbons (Fsp3) is 0.875. The van der Waals surface area contributed by atoms with E-state index in [4.69, 9.17) is 0 Å². The number of amides is 1. The van der Waals surface area contributed by atoms with Gasteiger partial charge in [0, 0.05) is 25.7 Å². The zero-order valence-electron chi connectivity index (χ0n) is 7.67. The third kappa shape index (κ3) is 2.11. The summed E-state index contributed by atoms with van der Waals surface area (Å²) in [5, 5.41) is 3.33. The minimum Gasteiger partial charge on any atom is -0.453 e. The Kier molecular flexibility index (Phi) is 3.34. The Bertz CT molecular complexity index is 161. The van der Waals surface area contributed by atoms with Gasteiger partial charge in [0.2, 0.25) is 0 Å². The quantitative estimate of drug-likeness (QED) is 0.624. The van der Waals surface area contributed by atoms with E-state index in [1.54, 1.807) is 4.90 Å². The molecule has 0 bridgehead atoms. The van der Waals surface area contributed by atoms with Gasteiger partial charge < -0.3 is 15.0 Å². The predicted molar refractivity (Wildman–Crippen MR) is 46.1 cm³/mol. The lowest BCUT2D eigenvalue weighted by molar-refractivity contribution is 0.109. The van der Waals surface area contributed by atoms with Crippen molar-refractivity contribution in [3.8, 4) is 0 Å². The van der Waals surface area contributed by atoms with Crippen molar-refractivity contribution < 1.29 is 9.53 Å². The number of nitrogens with one attached hydrogen (secondary N) is 1. The second-order valence-corrected chi connectivity index (χ2v) is 2.98. The number of hydrogen-bond donors (Lipinski definition) is 1. The van der Waals surface area contributed by atoms with Crippen LogP contribution >= 0.6 is 0 Å². The van der Waals surface area contributed by atoms with Crippen LogP contribution < -0.4 is 5.32 Å². The average molecular weight is 172 g/mol. The highest BCUT2D eigenvalue weighted by Gasteiger charge is 2.21. The molecule has 1 atom stereocenters. The highest BCUT2D eigenvalue weighted by molar-refractivity contribution is 5.67. The highest BCUT2D eigenvalue weighted by Crippen LogP contribution is 2.03. The van der Waals surface area contributed by atoms with Crippen molar-refractivity contribution in [3.63, 3.8) is 0 Å². The van der Waals surface area contributed by atoms with Gasteiger partial charge in [0.05, 0.1) is 7.11 Å². The number of methoxy groups -OCH3 is 1. The van der Waals surface area contributed by atoms with Crippen LogP contribution in [-0.4, -0.2) is 43.8 Å². The first-order valence-corrected chi connectivity index (χ1v) is 4.34. The Morgan fingerprint density at radius 2 is 2.50 bits per heavy atom. The van der Waals surface area contributed by atoms with Crippen LogP contribution in [0.1, 0.15) is 13.3 Å². The SMILES string of the molecule is CCC1CN(C(=O)OC)CCN1. The molecule has 1 unspecified atom stereocenters. The molecule has 0 aliphatic carbocycles. The molecule has 1 heterocycles. The van der Waals surface area contributed by atoms with Crippen LogP contribution in [0.25, 0.3) is 0 Å². The average Bonchev–Trinajstić information content (AvgIpc) is 2.17. The molecule has 12 heavy (non-hydrogen) atoms. The van der Waals surface area contributed by atoms with E-state index in [9.17, 15) is 4.79 Å². The first-order chi connectivity index (χ1) is 5.77. The topological polar surface area (TPSA) is 41.6 Å². The van der Waals surface area contributed by atoms with Gasteiger partial charge in [-0.05, 0) is 6.42 Å². The molecule has 1 aliphatic rings. The third-order valence-electron chi connectivity index (χ3n) is 2.18. The molecule has 0 radical (unpaired) electrons. The number of hydrogen-bond acceptors (Lipinski definition) is 3. The Morgan fingerprint density at radius 3 is 3.08 bits per heavy atom. The first kappa shape index (κ1) is 9.32. The second-order valence-electron chi connectivity index (χ2n) is 2.98. The van der Waals surface area contributed by atoms with Crippen LogP contribution in [0.5, 0.6) is 0 Å². The van der Waals surface area contributed by atoms with E-state index in [0.717, 1.165) is 26.1 Å². The normalized spacial score (nSPS) is 23.8.